The Bertz CT molecular complexity index is 1080. The number of nitrogens with one attached hydrogen (secondary N) is 1. The third kappa shape index (κ3) is 4.28. The summed E-state index contributed by atoms with van der Waals surface area (Å²) in [7, 11) is 3.66. The van der Waals surface area contributed by atoms with Crippen LogP contribution in [0.4, 0.5) is 17.1 Å². The number of hydrogen-bond donors (Lipinski definition) is 1. The van der Waals surface area contributed by atoms with E-state index in [1.807, 2.05) is 54.4 Å². The van der Waals surface area contributed by atoms with Gasteiger partial charge in [-0.25, -0.2) is 0 Å². The SMILES string of the molecule is COc1ccc2c(c1)N(CCCNCc1ccccc1C)C(=O)c1ccccc1N2C. The van der Waals surface area contributed by atoms with Gasteiger partial charge in [-0.05, 0) is 55.3 Å². The molecule has 0 unspecified atom stereocenters. The average Bonchev–Trinajstić information content (AvgIpc) is 2.89. The average molecular weight is 416 g/mol. The summed E-state index contributed by atoms with van der Waals surface area (Å²) in [5.41, 5.74) is 6.10. The molecular formula is C26H29N3O2. The first-order chi connectivity index (χ1) is 15.1. The Morgan fingerprint density at radius 2 is 1.71 bits per heavy atom. The van der Waals surface area contributed by atoms with Crippen LogP contribution in [0.25, 0.3) is 0 Å². The first kappa shape index (κ1) is 20.9. The number of hydrogen-bond acceptors (Lipinski definition) is 4. The molecule has 31 heavy (non-hydrogen) atoms. The normalized spacial score (nSPS) is 12.9. The zero-order valence-electron chi connectivity index (χ0n) is 18.4. The van der Waals surface area contributed by atoms with Gasteiger partial charge in [0, 0.05) is 26.2 Å². The van der Waals surface area contributed by atoms with Crippen LogP contribution in [0.15, 0.2) is 66.7 Å². The van der Waals surface area contributed by atoms with Crippen LogP contribution in [0.5, 0.6) is 5.75 Å². The lowest BCUT2D eigenvalue weighted by Crippen LogP contribution is -2.33. The van der Waals surface area contributed by atoms with E-state index in [0.29, 0.717) is 12.1 Å². The summed E-state index contributed by atoms with van der Waals surface area (Å²) in [4.78, 5) is 17.5. The number of nitrogens with zero attached hydrogens (tertiary/aromatic N) is 2. The van der Waals surface area contributed by atoms with Crippen molar-refractivity contribution >= 4 is 23.0 Å². The summed E-state index contributed by atoms with van der Waals surface area (Å²) in [6.07, 6.45) is 0.847. The number of amides is 1. The first-order valence-corrected chi connectivity index (χ1v) is 10.7. The number of aryl methyl sites for hydroxylation is 1. The lowest BCUT2D eigenvalue weighted by molar-refractivity contribution is 0.0988. The fourth-order valence-corrected chi connectivity index (χ4v) is 4.08. The molecule has 0 radical (unpaired) electrons. The molecule has 1 N–H and O–H groups in total. The number of ether oxygens (including phenoxy) is 1. The van der Waals surface area contributed by atoms with Crippen LogP contribution in [0.1, 0.15) is 27.9 Å². The van der Waals surface area contributed by atoms with Gasteiger partial charge in [0.05, 0.1) is 29.7 Å². The first-order valence-electron chi connectivity index (χ1n) is 10.7. The summed E-state index contributed by atoms with van der Waals surface area (Å²) in [6, 6.07) is 22.1. The van der Waals surface area contributed by atoms with Crippen molar-refractivity contribution in [3.05, 3.63) is 83.4 Å². The highest BCUT2D eigenvalue weighted by Crippen LogP contribution is 2.41. The van der Waals surface area contributed by atoms with E-state index in [1.165, 1.54) is 11.1 Å². The molecule has 1 aliphatic heterocycles. The van der Waals surface area contributed by atoms with Crippen LogP contribution < -0.4 is 19.9 Å². The predicted molar refractivity (Wildman–Crippen MR) is 127 cm³/mol. The molecule has 0 fully saturated rings. The van der Waals surface area contributed by atoms with E-state index in [9.17, 15) is 4.79 Å². The Labute approximate surface area is 184 Å². The quantitative estimate of drug-likeness (QED) is 0.557. The van der Waals surface area contributed by atoms with Gasteiger partial charge in [-0.15, -0.1) is 0 Å². The van der Waals surface area contributed by atoms with Crippen molar-refractivity contribution in [3.8, 4) is 5.75 Å². The molecule has 5 nitrogen and oxygen atoms in total. The third-order valence-corrected chi connectivity index (χ3v) is 5.89. The molecule has 4 rings (SSSR count). The van der Waals surface area contributed by atoms with Crippen LogP contribution in [-0.4, -0.2) is 33.2 Å². The van der Waals surface area contributed by atoms with E-state index >= 15 is 0 Å². The number of fused-ring (bicyclic) bond motifs is 2. The molecule has 1 heterocycles. The van der Waals surface area contributed by atoms with Crippen molar-refractivity contribution in [2.75, 3.05) is 37.0 Å². The van der Waals surface area contributed by atoms with E-state index in [-0.39, 0.29) is 5.91 Å². The highest BCUT2D eigenvalue weighted by Gasteiger charge is 2.29. The number of carbonyl (C=O) groups is 1. The topological polar surface area (TPSA) is 44.8 Å². The van der Waals surface area contributed by atoms with Gasteiger partial charge in [-0.2, -0.15) is 0 Å². The van der Waals surface area contributed by atoms with E-state index in [0.717, 1.165) is 42.3 Å². The number of benzene rings is 3. The fraction of sp³-hybridized carbons (Fsp3) is 0.269. The van der Waals surface area contributed by atoms with Gasteiger partial charge >= 0.3 is 0 Å². The zero-order valence-corrected chi connectivity index (χ0v) is 18.4. The summed E-state index contributed by atoms with van der Waals surface area (Å²) < 4.78 is 5.45. The molecule has 0 spiro atoms. The van der Waals surface area contributed by atoms with Crippen molar-refractivity contribution in [2.24, 2.45) is 0 Å². The second-order valence-corrected chi connectivity index (χ2v) is 7.84. The standard InChI is InChI=1S/C26H29N3O2/c1-19-9-4-5-10-20(19)18-27-15-8-16-29-25-17-21(31-3)13-14-24(25)28(2)23-12-7-6-11-22(23)26(29)30/h4-7,9-14,17,27H,8,15-16,18H2,1-3H3. The monoisotopic (exact) mass is 415 g/mol. The second kappa shape index (κ2) is 9.23. The van der Waals surface area contributed by atoms with Gasteiger partial charge in [0.2, 0.25) is 0 Å². The molecule has 0 atom stereocenters. The zero-order chi connectivity index (χ0) is 21.8. The van der Waals surface area contributed by atoms with Crippen LogP contribution in [0.2, 0.25) is 0 Å². The van der Waals surface area contributed by atoms with Gasteiger partial charge in [0.25, 0.3) is 5.91 Å². The van der Waals surface area contributed by atoms with Gasteiger partial charge in [-0.3, -0.25) is 4.79 Å². The Morgan fingerprint density at radius 1 is 0.935 bits per heavy atom. The maximum Gasteiger partial charge on any atom is 0.260 e. The third-order valence-electron chi connectivity index (χ3n) is 5.89. The largest absolute Gasteiger partial charge is 0.497 e. The highest BCUT2D eigenvalue weighted by atomic mass is 16.5. The summed E-state index contributed by atoms with van der Waals surface area (Å²) in [5, 5.41) is 3.51. The number of rotatable bonds is 7. The molecule has 3 aromatic carbocycles. The Balaban J connectivity index is 1.53. The summed E-state index contributed by atoms with van der Waals surface area (Å²) in [6.45, 7) is 4.42. The van der Waals surface area contributed by atoms with Gasteiger partial charge in [0.1, 0.15) is 5.75 Å². The molecule has 1 aliphatic rings. The predicted octanol–water partition coefficient (Wildman–Crippen LogP) is 4.91. The van der Waals surface area contributed by atoms with Crippen LogP contribution in [0, 0.1) is 6.92 Å². The molecule has 1 amide bonds. The lowest BCUT2D eigenvalue weighted by Gasteiger charge is -2.25. The maximum atomic E-state index is 13.5. The maximum absolute atomic E-state index is 13.5. The van der Waals surface area contributed by atoms with E-state index in [1.54, 1.807) is 7.11 Å². The number of methoxy groups -OCH3 is 1. The molecule has 160 valence electrons. The Morgan fingerprint density at radius 3 is 2.52 bits per heavy atom. The van der Waals surface area contributed by atoms with Crippen molar-refractivity contribution in [2.45, 2.75) is 19.9 Å². The van der Waals surface area contributed by atoms with E-state index in [4.69, 9.17) is 4.74 Å². The van der Waals surface area contributed by atoms with Crippen LogP contribution >= 0.6 is 0 Å². The highest BCUT2D eigenvalue weighted by molar-refractivity contribution is 6.14. The van der Waals surface area contributed by atoms with Crippen molar-refractivity contribution in [1.82, 2.24) is 5.32 Å². The minimum atomic E-state index is 0.0216. The Hall–Kier alpha value is -3.31. The molecule has 0 bridgehead atoms. The minimum absolute atomic E-state index is 0.0216. The van der Waals surface area contributed by atoms with Crippen molar-refractivity contribution in [3.63, 3.8) is 0 Å². The van der Waals surface area contributed by atoms with Gasteiger partial charge < -0.3 is 19.9 Å². The van der Waals surface area contributed by atoms with Crippen molar-refractivity contribution < 1.29 is 9.53 Å². The number of para-hydroxylation sites is 1. The fourth-order valence-electron chi connectivity index (χ4n) is 4.08. The van der Waals surface area contributed by atoms with Gasteiger partial charge in [0.15, 0.2) is 0 Å². The molecule has 0 aromatic heterocycles. The number of carbonyl (C=O) groups excluding carboxylic acids is 1. The minimum Gasteiger partial charge on any atom is -0.497 e. The molecule has 3 aromatic rings. The lowest BCUT2D eigenvalue weighted by atomic mass is 10.1. The summed E-state index contributed by atoms with van der Waals surface area (Å²) in [5.74, 6) is 0.766. The van der Waals surface area contributed by atoms with Crippen LogP contribution in [0.3, 0.4) is 0 Å². The second-order valence-electron chi connectivity index (χ2n) is 7.84. The van der Waals surface area contributed by atoms with Gasteiger partial charge in [-0.1, -0.05) is 36.4 Å². The van der Waals surface area contributed by atoms with Crippen LogP contribution in [-0.2, 0) is 6.54 Å². The molecule has 0 aliphatic carbocycles. The smallest absolute Gasteiger partial charge is 0.260 e. The van der Waals surface area contributed by atoms with Crippen molar-refractivity contribution in [1.29, 1.82) is 0 Å². The number of anilines is 3. The molecule has 0 saturated heterocycles. The molecular weight excluding hydrogens is 386 g/mol. The molecule has 5 heteroatoms. The Kier molecular flexibility index (Phi) is 6.23. The molecule has 0 saturated carbocycles. The van der Waals surface area contributed by atoms with E-state index < -0.39 is 0 Å². The summed E-state index contributed by atoms with van der Waals surface area (Å²) >= 11 is 0. The van der Waals surface area contributed by atoms with E-state index in [2.05, 4.69) is 41.4 Å².